The molecular weight excluding hydrogens is 518 g/mol. The van der Waals surface area contributed by atoms with E-state index in [1.54, 1.807) is 36.4 Å². The van der Waals surface area contributed by atoms with Crippen molar-refractivity contribution in [1.29, 1.82) is 0 Å². The Hall–Kier alpha value is -3.43. The van der Waals surface area contributed by atoms with Crippen LogP contribution in [0.25, 0.3) is 0 Å². The van der Waals surface area contributed by atoms with Crippen LogP contribution in [0.2, 0.25) is 0 Å². The van der Waals surface area contributed by atoms with E-state index in [0.717, 1.165) is 16.9 Å². The minimum atomic E-state index is -3.72. The second-order valence-corrected chi connectivity index (χ2v) is 12.2. The minimum Gasteiger partial charge on any atom is -0.493 e. The molecule has 9 heteroatoms. The first-order valence-electron chi connectivity index (χ1n) is 12.4. The smallest absolute Gasteiger partial charge is 0.264 e. The van der Waals surface area contributed by atoms with Crippen LogP contribution in [0, 0.1) is 19.3 Å². The highest BCUT2D eigenvalue weighted by atomic mass is 32.2. The maximum atomic E-state index is 13.0. The van der Waals surface area contributed by atoms with Crippen LogP contribution in [0.15, 0.2) is 77.7 Å². The van der Waals surface area contributed by atoms with E-state index in [1.807, 2.05) is 52.0 Å². The number of hydrogen-bond donors (Lipinski definition) is 2. The molecule has 3 aromatic rings. The molecule has 2 N–H and O–H groups in total. The molecule has 0 aliphatic heterocycles. The summed E-state index contributed by atoms with van der Waals surface area (Å²) in [4.78, 5) is 13.0. The molecule has 0 aliphatic carbocycles. The summed E-state index contributed by atoms with van der Waals surface area (Å²) in [5.74, 6) is 0.661. The maximum absolute atomic E-state index is 13.0. The number of amides is 1. The van der Waals surface area contributed by atoms with Crippen LogP contribution in [-0.4, -0.2) is 33.1 Å². The molecule has 3 aromatic carbocycles. The molecule has 0 unspecified atom stereocenters. The number of carbonyl (C=O) groups excluding carboxylic acids is 1. The highest BCUT2D eigenvalue weighted by Crippen LogP contribution is 2.25. The van der Waals surface area contributed by atoms with Gasteiger partial charge in [0.05, 0.1) is 17.2 Å². The van der Waals surface area contributed by atoms with Gasteiger partial charge >= 0.3 is 0 Å². The summed E-state index contributed by atoms with van der Waals surface area (Å²) in [5.41, 5.74) is 2.70. The first-order chi connectivity index (χ1) is 17.9. The van der Waals surface area contributed by atoms with E-state index < -0.39 is 15.4 Å². The monoisotopic (exact) mass is 553 g/mol. The van der Waals surface area contributed by atoms with Crippen molar-refractivity contribution in [2.24, 2.45) is 5.41 Å². The van der Waals surface area contributed by atoms with Gasteiger partial charge in [0, 0.05) is 18.2 Å². The zero-order valence-electron chi connectivity index (χ0n) is 22.4. The molecule has 0 heterocycles. The van der Waals surface area contributed by atoms with Crippen LogP contribution < -0.4 is 19.7 Å². The topological polar surface area (TPSA) is 87.7 Å². The summed E-state index contributed by atoms with van der Waals surface area (Å²) >= 11 is 5.32. The van der Waals surface area contributed by atoms with Gasteiger partial charge in [0.1, 0.15) is 5.75 Å². The fraction of sp³-hybridized carbons (Fsp3) is 0.310. The third kappa shape index (κ3) is 7.55. The zero-order chi connectivity index (χ0) is 27.9. The Morgan fingerprint density at radius 2 is 1.66 bits per heavy atom. The molecule has 0 aromatic heterocycles. The van der Waals surface area contributed by atoms with Crippen molar-refractivity contribution in [3.05, 3.63) is 83.9 Å². The van der Waals surface area contributed by atoms with E-state index >= 15 is 0 Å². The van der Waals surface area contributed by atoms with E-state index in [1.165, 1.54) is 23.5 Å². The number of thiocarbonyl (C=S) groups is 1. The molecule has 202 valence electrons. The molecule has 1 amide bonds. The second kappa shape index (κ2) is 12.4. The number of para-hydroxylation sites is 1. The highest BCUT2D eigenvalue weighted by Gasteiger charge is 2.28. The van der Waals surface area contributed by atoms with Crippen molar-refractivity contribution in [3.8, 4) is 5.75 Å². The van der Waals surface area contributed by atoms with Crippen molar-refractivity contribution < 1.29 is 17.9 Å². The molecule has 0 spiro atoms. The summed E-state index contributed by atoms with van der Waals surface area (Å²) in [5, 5.41) is 5.84. The Labute approximate surface area is 231 Å². The van der Waals surface area contributed by atoms with Gasteiger partial charge in [0.15, 0.2) is 5.11 Å². The summed E-state index contributed by atoms with van der Waals surface area (Å²) in [6.45, 7) is 8.28. The van der Waals surface area contributed by atoms with Crippen LogP contribution in [0.3, 0.4) is 0 Å². The Morgan fingerprint density at radius 3 is 2.32 bits per heavy atom. The lowest BCUT2D eigenvalue weighted by atomic mass is 9.87. The predicted octanol–water partition coefficient (Wildman–Crippen LogP) is 5.83. The highest BCUT2D eigenvalue weighted by molar-refractivity contribution is 7.92. The molecule has 0 saturated heterocycles. The molecule has 0 aliphatic rings. The molecule has 3 rings (SSSR count). The number of sulfonamides is 1. The minimum absolute atomic E-state index is 0.145. The van der Waals surface area contributed by atoms with Gasteiger partial charge in [-0.2, -0.15) is 0 Å². The Morgan fingerprint density at radius 1 is 1.00 bits per heavy atom. The number of carbonyl (C=O) groups is 1. The van der Waals surface area contributed by atoms with E-state index in [2.05, 4.69) is 10.6 Å². The van der Waals surface area contributed by atoms with E-state index in [4.69, 9.17) is 17.0 Å². The van der Waals surface area contributed by atoms with Crippen molar-refractivity contribution in [3.63, 3.8) is 0 Å². The van der Waals surface area contributed by atoms with Crippen LogP contribution in [0.1, 0.15) is 37.8 Å². The number of rotatable bonds is 10. The van der Waals surface area contributed by atoms with Gasteiger partial charge in [-0.15, -0.1) is 0 Å². The average Bonchev–Trinajstić information content (AvgIpc) is 2.88. The predicted molar refractivity (Wildman–Crippen MR) is 157 cm³/mol. The molecule has 0 saturated carbocycles. The lowest BCUT2D eigenvalue weighted by Crippen LogP contribution is -2.42. The second-order valence-electron chi connectivity index (χ2n) is 9.85. The number of nitrogens with one attached hydrogen (secondary N) is 2. The fourth-order valence-corrected chi connectivity index (χ4v) is 5.16. The van der Waals surface area contributed by atoms with Crippen molar-refractivity contribution in [2.45, 2.75) is 45.4 Å². The summed E-state index contributed by atoms with van der Waals surface area (Å²) in [7, 11) is -2.20. The SMILES string of the molecule is Cc1ccc(C)c(OCCCC(C)(C)C(=O)NC(=S)Nc2ccc(S(=O)(=O)N(C)c3ccccc3)cc2)c1. The van der Waals surface area contributed by atoms with Gasteiger partial charge in [-0.05, 0) is 92.5 Å². The lowest BCUT2D eigenvalue weighted by molar-refractivity contribution is -0.128. The van der Waals surface area contributed by atoms with Crippen molar-refractivity contribution >= 4 is 44.6 Å². The molecule has 7 nitrogen and oxygen atoms in total. The molecule has 0 radical (unpaired) electrons. The number of nitrogens with zero attached hydrogens (tertiary/aromatic N) is 1. The first-order valence-corrected chi connectivity index (χ1v) is 14.2. The largest absolute Gasteiger partial charge is 0.493 e. The first kappa shape index (κ1) is 29.1. The van der Waals surface area contributed by atoms with Gasteiger partial charge in [-0.1, -0.05) is 44.2 Å². The number of benzene rings is 3. The number of hydrogen-bond acceptors (Lipinski definition) is 5. The summed E-state index contributed by atoms with van der Waals surface area (Å²) < 4.78 is 33.1. The standard InChI is InChI=1S/C29H35N3O4S2/c1-21-12-13-22(2)26(20-21)36-19-9-18-29(3,4)27(33)31-28(37)30-23-14-16-25(17-15-23)38(34,35)32(5)24-10-7-6-8-11-24/h6-8,10-17,20H,9,18-19H2,1-5H3,(H2,30,31,33,37). The molecule has 0 fully saturated rings. The van der Waals surface area contributed by atoms with Gasteiger partial charge < -0.3 is 15.4 Å². The molecule has 38 heavy (non-hydrogen) atoms. The fourth-order valence-electron chi connectivity index (χ4n) is 3.75. The normalized spacial score (nSPS) is 11.5. The zero-order valence-corrected chi connectivity index (χ0v) is 24.1. The third-order valence-corrected chi connectivity index (χ3v) is 8.28. The van der Waals surface area contributed by atoms with Crippen LogP contribution in [-0.2, 0) is 14.8 Å². The lowest BCUT2D eigenvalue weighted by Gasteiger charge is -2.24. The molecule has 0 atom stereocenters. The Bertz CT molecular complexity index is 1370. The van der Waals surface area contributed by atoms with E-state index in [0.29, 0.717) is 30.8 Å². The van der Waals surface area contributed by atoms with Gasteiger partial charge in [0.2, 0.25) is 5.91 Å². The van der Waals surface area contributed by atoms with Crippen molar-refractivity contribution in [1.82, 2.24) is 5.32 Å². The Kier molecular flexibility index (Phi) is 9.51. The van der Waals surface area contributed by atoms with Gasteiger partial charge in [0.25, 0.3) is 10.0 Å². The van der Waals surface area contributed by atoms with Gasteiger partial charge in [-0.3, -0.25) is 9.10 Å². The van der Waals surface area contributed by atoms with E-state index in [9.17, 15) is 13.2 Å². The molecule has 0 bridgehead atoms. The number of ether oxygens (including phenoxy) is 1. The Balaban J connectivity index is 1.51. The van der Waals surface area contributed by atoms with Crippen LogP contribution in [0.4, 0.5) is 11.4 Å². The van der Waals surface area contributed by atoms with Crippen molar-refractivity contribution in [2.75, 3.05) is 23.3 Å². The number of aryl methyl sites for hydroxylation is 2. The van der Waals surface area contributed by atoms with Crippen LogP contribution in [0.5, 0.6) is 5.75 Å². The third-order valence-electron chi connectivity index (χ3n) is 6.28. The van der Waals surface area contributed by atoms with E-state index in [-0.39, 0.29) is 15.9 Å². The molecular formula is C29H35N3O4S2. The summed E-state index contributed by atoms with van der Waals surface area (Å²) in [6, 6.07) is 21.2. The van der Waals surface area contributed by atoms with Crippen LogP contribution >= 0.6 is 12.2 Å². The maximum Gasteiger partial charge on any atom is 0.264 e. The average molecular weight is 554 g/mol. The summed E-state index contributed by atoms with van der Waals surface area (Å²) in [6.07, 6.45) is 1.33. The number of anilines is 2. The van der Waals surface area contributed by atoms with Gasteiger partial charge in [-0.25, -0.2) is 8.42 Å². The quantitative estimate of drug-likeness (QED) is 0.243.